The number of halogens is 3. The van der Waals surface area contributed by atoms with Crippen molar-refractivity contribution in [1.82, 2.24) is 4.98 Å². The number of anilines is 2. The van der Waals surface area contributed by atoms with E-state index in [1.165, 1.54) is 23.2 Å². The van der Waals surface area contributed by atoms with Crippen molar-refractivity contribution in [2.75, 3.05) is 11.6 Å². The highest BCUT2D eigenvalue weighted by Gasteiger charge is 2.56. The zero-order valence-corrected chi connectivity index (χ0v) is 17.8. The highest BCUT2D eigenvalue weighted by molar-refractivity contribution is 5.82. The number of ether oxygens (including phenoxy) is 1. The molecule has 1 atom stereocenters. The van der Waals surface area contributed by atoms with Gasteiger partial charge in [0, 0.05) is 17.8 Å². The number of rotatable bonds is 6. The number of para-hydroxylation sites is 1. The zero-order valence-electron chi connectivity index (χ0n) is 17.8. The first-order chi connectivity index (χ1) is 15.7. The summed E-state index contributed by atoms with van der Waals surface area (Å²) >= 11 is 0. The average molecular weight is 453 g/mol. The second kappa shape index (κ2) is 8.73. The third-order valence-electron chi connectivity index (χ3n) is 5.50. The van der Waals surface area contributed by atoms with E-state index in [-0.39, 0.29) is 11.3 Å². The fourth-order valence-electron chi connectivity index (χ4n) is 3.58. The lowest BCUT2D eigenvalue weighted by Gasteiger charge is -2.32. The molecule has 0 spiro atoms. The van der Waals surface area contributed by atoms with Crippen LogP contribution in [-0.4, -0.2) is 22.9 Å². The molecule has 3 aromatic carbocycles. The summed E-state index contributed by atoms with van der Waals surface area (Å²) in [4.78, 5) is 4.00. The maximum absolute atomic E-state index is 14.0. The number of aromatic nitrogens is 1. The number of benzene rings is 3. The van der Waals surface area contributed by atoms with Crippen LogP contribution in [0.15, 0.2) is 85.2 Å². The lowest BCUT2D eigenvalue weighted by Crippen LogP contribution is -2.47. The molecule has 0 fully saturated rings. The molecule has 1 unspecified atom stereocenters. The number of hydrogen-bond donors (Lipinski definition) is 2. The van der Waals surface area contributed by atoms with Gasteiger partial charge in [-0.25, -0.2) is 5.84 Å². The predicted molar refractivity (Wildman–Crippen MR) is 121 cm³/mol. The van der Waals surface area contributed by atoms with Crippen LogP contribution in [0.1, 0.15) is 11.1 Å². The van der Waals surface area contributed by atoms with E-state index >= 15 is 0 Å². The van der Waals surface area contributed by atoms with Crippen LogP contribution in [0.25, 0.3) is 10.8 Å². The van der Waals surface area contributed by atoms with E-state index in [4.69, 9.17) is 10.6 Å². The summed E-state index contributed by atoms with van der Waals surface area (Å²) in [5, 5.41) is 13.7. The summed E-state index contributed by atoms with van der Waals surface area (Å²) in [5.74, 6) is 6.36. The van der Waals surface area contributed by atoms with Crippen molar-refractivity contribution >= 4 is 22.1 Å². The van der Waals surface area contributed by atoms with Crippen molar-refractivity contribution in [2.24, 2.45) is 5.84 Å². The molecule has 1 aromatic heterocycles. The second-order valence-electron chi connectivity index (χ2n) is 7.74. The summed E-state index contributed by atoms with van der Waals surface area (Å²) in [6, 6.07) is 19.6. The van der Waals surface area contributed by atoms with E-state index in [0.29, 0.717) is 16.9 Å². The molecule has 4 aromatic rings. The molecule has 3 N–H and O–H groups in total. The van der Waals surface area contributed by atoms with Crippen molar-refractivity contribution in [2.45, 2.75) is 18.7 Å². The minimum atomic E-state index is -4.97. The lowest BCUT2D eigenvalue weighted by molar-refractivity contribution is -0.275. The Morgan fingerprint density at radius 1 is 0.970 bits per heavy atom. The Balaban J connectivity index is 1.62. The van der Waals surface area contributed by atoms with Crippen LogP contribution in [0.5, 0.6) is 5.75 Å². The molecule has 33 heavy (non-hydrogen) atoms. The van der Waals surface area contributed by atoms with E-state index in [1.54, 1.807) is 55.7 Å². The quantitative estimate of drug-likeness (QED) is 0.303. The smallest absolute Gasteiger partial charge is 0.424 e. The van der Waals surface area contributed by atoms with Gasteiger partial charge in [-0.15, -0.1) is 0 Å². The average Bonchev–Trinajstić information content (AvgIpc) is 2.81. The van der Waals surface area contributed by atoms with Crippen LogP contribution in [0.2, 0.25) is 0 Å². The number of aryl methyl sites for hydroxylation is 1. The number of pyridine rings is 1. The molecule has 5 nitrogen and oxygen atoms in total. The van der Waals surface area contributed by atoms with E-state index in [9.17, 15) is 18.3 Å². The fraction of sp³-hybridized carbons (Fsp3) is 0.160. The van der Waals surface area contributed by atoms with Crippen LogP contribution in [0.4, 0.5) is 24.5 Å². The Labute approximate surface area is 188 Å². The Bertz CT molecular complexity index is 1260. The Morgan fingerprint density at radius 2 is 1.73 bits per heavy atom. The van der Waals surface area contributed by atoms with Crippen molar-refractivity contribution in [3.8, 4) is 5.75 Å². The second-order valence-corrected chi connectivity index (χ2v) is 7.74. The lowest BCUT2D eigenvalue weighted by atomic mass is 9.92. The van der Waals surface area contributed by atoms with Gasteiger partial charge in [0.1, 0.15) is 12.4 Å². The summed E-state index contributed by atoms with van der Waals surface area (Å²) in [6.07, 6.45) is -1.76. The summed E-state index contributed by atoms with van der Waals surface area (Å²) in [7, 11) is 0. The molecule has 0 saturated heterocycles. The summed E-state index contributed by atoms with van der Waals surface area (Å²) in [5.41, 5.74) is -1.89. The number of hydrazine groups is 1. The van der Waals surface area contributed by atoms with Crippen LogP contribution in [0.3, 0.4) is 0 Å². The molecule has 4 rings (SSSR count). The Kier molecular flexibility index (Phi) is 5.97. The normalized spacial score (nSPS) is 13.5. The van der Waals surface area contributed by atoms with Gasteiger partial charge in [0.2, 0.25) is 5.60 Å². The van der Waals surface area contributed by atoms with Gasteiger partial charge in [0.05, 0.1) is 11.4 Å². The van der Waals surface area contributed by atoms with Gasteiger partial charge in [0.25, 0.3) is 0 Å². The van der Waals surface area contributed by atoms with E-state index in [0.717, 1.165) is 10.8 Å². The maximum atomic E-state index is 14.0. The Morgan fingerprint density at radius 3 is 2.42 bits per heavy atom. The van der Waals surface area contributed by atoms with Crippen molar-refractivity contribution in [1.29, 1.82) is 0 Å². The number of hydrogen-bond acceptors (Lipinski definition) is 5. The minimum absolute atomic E-state index is 0.198. The fourth-order valence-corrected chi connectivity index (χ4v) is 3.58. The zero-order chi connectivity index (χ0) is 23.6. The molecule has 0 bridgehead atoms. The summed E-state index contributed by atoms with van der Waals surface area (Å²) < 4.78 is 47.5. The number of nitrogens with two attached hydrogens (primary N) is 1. The van der Waals surface area contributed by atoms with Crippen molar-refractivity contribution < 1.29 is 23.0 Å². The maximum Gasteiger partial charge on any atom is 0.424 e. The SMILES string of the molecule is Cc1cc(C(O)(COc2ccc3ccncc3c2)C(F)(F)F)ccc1N(N)c1ccccc1. The molecular weight excluding hydrogens is 431 g/mol. The number of fused-ring (bicyclic) bond motifs is 1. The van der Waals surface area contributed by atoms with Crippen LogP contribution in [0, 0.1) is 6.92 Å². The molecule has 0 aliphatic carbocycles. The molecular formula is C25H22F3N3O2. The van der Waals surface area contributed by atoms with Crippen LogP contribution in [-0.2, 0) is 5.60 Å². The highest BCUT2D eigenvalue weighted by atomic mass is 19.4. The molecule has 0 radical (unpaired) electrons. The van der Waals surface area contributed by atoms with Crippen molar-refractivity contribution in [3.05, 3.63) is 96.3 Å². The number of alkyl halides is 3. The van der Waals surface area contributed by atoms with Gasteiger partial charge in [-0.3, -0.25) is 9.99 Å². The van der Waals surface area contributed by atoms with E-state index in [2.05, 4.69) is 4.98 Å². The van der Waals surface area contributed by atoms with Gasteiger partial charge < -0.3 is 9.84 Å². The molecule has 170 valence electrons. The van der Waals surface area contributed by atoms with Crippen LogP contribution >= 0.6 is 0 Å². The predicted octanol–water partition coefficient (Wildman–Crippen LogP) is 5.38. The van der Waals surface area contributed by atoms with Gasteiger partial charge in [-0.2, -0.15) is 13.2 Å². The first-order valence-corrected chi connectivity index (χ1v) is 10.2. The van der Waals surface area contributed by atoms with Gasteiger partial charge in [0.15, 0.2) is 0 Å². The number of aliphatic hydroxyl groups is 1. The number of nitrogens with zero attached hydrogens (tertiary/aromatic N) is 2. The topological polar surface area (TPSA) is 71.6 Å². The van der Waals surface area contributed by atoms with Gasteiger partial charge >= 0.3 is 6.18 Å². The van der Waals surface area contributed by atoms with E-state index in [1.807, 2.05) is 18.2 Å². The third kappa shape index (κ3) is 4.48. The molecule has 1 heterocycles. The standard InChI is InChI=1S/C25H22F3N3O2/c1-17-13-20(8-10-23(17)31(29)21-5-3-2-4-6-21)24(32,25(26,27)28)16-33-22-9-7-18-11-12-30-15-19(18)14-22/h2-15,32H,16,29H2,1H3. The monoisotopic (exact) mass is 453 g/mol. The molecule has 0 saturated carbocycles. The highest BCUT2D eigenvalue weighted by Crippen LogP contribution is 2.41. The first kappa shape index (κ1) is 22.6. The Hall–Kier alpha value is -3.62. The molecule has 0 aliphatic rings. The third-order valence-corrected chi connectivity index (χ3v) is 5.50. The summed E-state index contributed by atoms with van der Waals surface area (Å²) in [6.45, 7) is 0.627. The first-order valence-electron chi connectivity index (χ1n) is 10.2. The van der Waals surface area contributed by atoms with Gasteiger partial charge in [-0.05, 0) is 59.8 Å². The molecule has 0 aliphatic heterocycles. The molecule has 0 amide bonds. The van der Waals surface area contributed by atoms with Crippen LogP contribution < -0.4 is 15.6 Å². The molecule has 8 heteroatoms. The largest absolute Gasteiger partial charge is 0.490 e. The minimum Gasteiger partial charge on any atom is -0.490 e. The van der Waals surface area contributed by atoms with Crippen molar-refractivity contribution in [3.63, 3.8) is 0 Å². The van der Waals surface area contributed by atoms with Gasteiger partial charge in [-0.1, -0.05) is 36.4 Å². The van der Waals surface area contributed by atoms with E-state index < -0.39 is 18.4 Å².